The molecular weight excluding hydrogens is 174 g/mol. The van der Waals surface area contributed by atoms with Gasteiger partial charge in [-0.3, -0.25) is 5.32 Å². The average Bonchev–Trinajstić information content (AvgIpc) is 2.16. The van der Waals surface area contributed by atoms with Gasteiger partial charge >= 0.3 is 0 Å². The van der Waals surface area contributed by atoms with E-state index in [4.69, 9.17) is 5.11 Å². The van der Waals surface area contributed by atoms with Gasteiger partial charge in [0.15, 0.2) is 0 Å². The maximum absolute atomic E-state index is 8.59. The number of aliphatic hydroxyl groups is 1. The van der Waals surface area contributed by atoms with Crippen LogP contribution in [0.5, 0.6) is 0 Å². The fourth-order valence-corrected chi connectivity index (χ4v) is 1.46. The molecule has 0 bridgehead atoms. The number of nitrogens with one attached hydrogen (secondary N) is 1. The van der Waals surface area contributed by atoms with Gasteiger partial charge in [-0.25, -0.2) is 0 Å². The number of aliphatic hydroxyl groups excluding tert-OH is 1. The van der Waals surface area contributed by atoms with Crippen molar-refractivity contribution in [1.82, 2.24) is 5.32 Å². The van der Waals surface area contributed by atoms with Crippen LogP contribution in [-0.4, -0.2) is 11.8 Å². The number of benzene rings is 1. The van der Waals surface area contributed by atoms with Crippen molar-refractivity contribution in [2.45, 2.75) is 26.8 Å². The van der Waals surface area contributed by atoms with Crippen molar-refractivity contribution in [1.29, 1.82) is 0 Å². The van der Waals surface area contributed by atoms with Crippen LogP contribution in [0.2, 0.25) is 0 Å². The molecule has 0 aliphatic carbocycles. The highest BCUT2D eigenvalue weighted by atomic mass is 16.3. The van der Waals surface area contributed by atoms with Crippen LogP contribution in [-0.2, 0) is 13.0 Å². The Morgan fingerprint density at radius 3 is 2.21 bits per heavy atom. The summed E-state index contributed by atoms with van der Waals surface area (Å²) < 4.78 is 0. The summed E-state index contributed by atoms with van der Waals surface area (Å²) in [6.07, 6.45) is 1.13. The summed E-state index contributed by atoms with van der Waals surface area (Å²) in [6, 6.07) is 8.55. The van der Waals surface area contributed by atoms with E-state index in [1.54, 1.807) is 0 Å². The predicted molar refractivity (Wildman–Crippen MR) is 58.9 cm³/mol. The van der Waals surface area contributed by atoms with E-state index in [1.165, 1.54) is 11.1 Å². The molecule has 0 spiro atoms. The molecule has 1 aromatic rings. The van der Waals surface area contributed by atoms with E-state index in [0.29, 0.717) is 5.92 Å². The third-order valence-electron chi connectivity index (χ3n) is 2.11. The summed E-state index contributed by atoms with van der Waals surface area (Å²) in [5.74, 6) is 0.705. The zero-order valence-electron chi connectivity index (χ0n) is 8.96. The lowest BCUT2D eigenvalue weighted by atomic mass is 10.0. The largest absolute Gasteiger partial charge is 0.381 e. The monoisotopic (exact) mass is 193 g/mol. The molecule has 0 saturated heterocycles. The zero-order valence-corrected chi connectivity index (χ0v) is 8.96. The summed E-state index contributed by atoms with van der Waals surface area (Å²) in [5.41, 5.74) is 2.60. The predicted octanol–water partition coefficient (Wildman–Crippen LogP) is 1.92. The second-order valence-corrected chi connectivity index (χ2v) is 4.00. The van der Waals surface area contributed by atoms with E-state index in [9.17, 15) is 0 Å². The molecule has 0 fully saturated rings. The zero-order chi connectivity index (χ0) is 10.4. The van der Waals surface area contributed by atoms with Crippen LogP contribution in [0, 0.1) is 5.92 Å². The van der Waals surface area contributed by atoms with Gasteiger partial charge in [0.1, 0.15) is 0 Å². The number of hydrogen-bond donors (Lipinski definition) is 2. The Morgan fingerprint density at radius 1 is 1.14 bits per heavy atom. The average molecular weight is 193 g/mol. The fourth-order valence-electron chi connectivity index (χ4n) is 1.46. The van der Waals surface area contributed by atoms with Gasteiger partial charge < -0.3 is 5.11 Å². The molecule has 0 saturated carbocycles. The first kappa shape index (κ1) is 11.2. The van der Waals surface area contributed by atoms with Crippen molar-refractivity contribution in [3.8, 4) is 0 Å². The van der Waals surface area contributed by atoms with Crippen molar-refractivity contribution in [2.75, 3.05) is 6.73 Å². The van der Waals surface area contributed by atoms with Gasteiger partial charge in [-0.15, -0.1) is 0 Å². The van der Waals surface area contributed by atoms with Crippen LogP contribution in [0.3, 0.4) is 0 Å². The van der Waals surface area contributed by atoms with Crippen molar-refractivity contribution in [3.05, 3.63) is 35.4 Å². The Hall–Kier alpha value is -0.860. The molecule has 2 heteroatoms. The molecule has 14 heavy (non-hydrogen) atoms. The first-order valence-corrected chi connectivity index (χ1v) is 5.11. The van der Waals surface area contributed by atoms with Gasteiger partial charge in [-0.05, 0) is 23.5 Å². The summed E-state index contributed by atoms with van der Waals surface area (Å²) in [4.78, 5) is 0. The summed E-state index contributed by atoms with van der Waals surface area (Å²) in [7, 11) is 0. The molecule has 0 amide bonds. The van der Waals surface area contributed by atoms with E-state index in [-0.39, 0.29) is 6.73 Å². The Bertz CT molecular complexity index is 254. The lowest BCUT2D eigenvalue weighted by Gasteiger charge is -2.06. The summed E-state index contributed by atoms with van der Waals surface area (Å²) in [5, 5.41) is 11.5. The minimum atomic E-state index is 0.0355. The molecule has 0 unspecified atom stereocenters. The molecule has 78 valence electrons. The van der Waals surface area contributed by atoms with Crippen molar-refractivity contribution in [2.24, 2.45) is 5.92 Å². The van der Waals surface area contributed by atoms with Crippen LogP contribution in [0.4, 0.5) is 0 Å². The number of rotatable bonds is 5. The van der Waals surface area contributed by atoms with E-state index < -0.39 is 0 Å². The Balaban J connectivity index is 2.50. The highest BCUT2D eigenvalue weighted by Crippen LogP contribution is 2.09. The standard InChI is InChI=1S/C12H19NO/c1-10(2)7-11-3-5-12(6-4-11)8-13-9-14/h3-6,10,13-14H,7-9H2,1-2H3. The fraction of sp³-hybridized carbons (Fsp3) is 0.500. The minimum absolute atomic E-state index is 0.0355. The van der Waals surface area contributed by atoms with Gasteiger partial charge in [0.25, 0.3) is 0 Å². The summed E-state index contributed by atoms with van der Waals surface area (Å²) in [6.45, 7) is 5.22. The van der Waals surface area contributed by atoms with E-state index in [0.717, 1.165) is 13.0 Å². The summed E-state index contributed by atoms with van der Waals surface area (Å²) >= 11 is 0. The highest BCUT2D eigenvalue weighted by molar-refractivity contribution is 5.22. The number of hydrogen-bond acceptors (Lipinski definition) is 2. The Kier molecular flexibility index (Phi) is 4.63. The lowest BCUT2D eigenvalue weighted by Crippen LogP contribution is -2.13. The molecule has 2 N–H and O–H groups in total. The van der Waals surface area contributed by atoms with Crippen molar-refractivity contribution in [3.63, 3.8) is 0 Å². The third-order valence-corrected chi connectivity index (χ3v) is 2.11. The second kappa shape index (κ2) is 5.78. The van der Waals surface area contributed by atoms with Crippen LogP contribution in [0.15, 0.2) is 24.3 Å². The maximum Gasteiger partial charge on any atom is 0.0934 e. The molecule has 2 nitrogen and oxygen atoms in total. The molecule has 0 heterocycles. The first-order valence-electron chi connectivity index (χ1n) is 5.11. The molecule has 1 aromatic carbocycles. The molecule has 1 rings (SSSR count). The van der Waals surface area contributed by atoms with Gasteiger partial charge in [0, 0.05) is 6.54 Å². The quantitative estimate of drug-likeness (QED) is 0.700. The molecule has 0 aliphatic rings. The first-order chi connectivity index (χ1) is 6.72. The highest BCUT2D eigenvalue weighted by Gasteiger charge is 1.97. The molecule has 0 aromatic heterocycles. The van der Waals surface area contributed by atoms with E-state index in [1.807, 2.05) is 0 Å². The maximum atomic E-state index is 8.59. The third kappa shape index (κ3) is 3.90. The van der Waals surface area contributed by atoms with Gasteiger partial charge in [-0.2, -0.15) is 0 Å². The van der Waals surface area contributed by atoms with E-state index >= 15 is 0 Å². The van der Waals surface area contributed by atoms with Crippen LogP contribution >= 0.6 is 0 Å². The lowest BCUT2D eigenvalue weighted by molar-refractivity contribution is 0.259. The van der Waals surface area contributed by atoms with E-state index in [2.05, 4.69) is 43.4 Å². The smallest absolute Gasteiger partial charge is 0.0934 e. The van der Waals surface area contributed by atoms with Crippen LogP contribution in [0.25, 0.3) is 0 Å². The van der Waals surface area contributed by atoms with Crippen LogP contribution in [0.1, 0.15) is 25.0 Å². The Labute approximate surface area is 86.0 Å². The molecular formula is C12H19NO. The van der Waals surface area contributed by atoms with Crippen molar-refractivity contribution < 1.29 is 5.11 Å². The van der Waals surface area contributed by atoms with Gasteiger partial charge in [0.2, 0.25) is 0 Å². The molecule has 0 radical (unpaired) electrons. The van der Waals surface area contributed by atoms with Gasteiger partial charge in [-0.1, -0.05) is 38.1 Å². The van der Waals surface area contributed by atoms with Crippen molar-refractivity contribution >= 4 is 0 Å². The normalized spacial score (nSPS) is 10.9. The molecule has 0 aliphatic heterocycles. The topological polar surface area (TPSA) is 32.3 Å². The van der Waals surface area contributed by atoms with Crippen LogP contribution < -0.4 is 5.32 Å². The second-order valence-electron chi connectivity index (χ2n) is 4.00. The Morgan fingerprint density at radius 2 is 1.71 bits per heavy atom. The minimum Gasteiger partial charge on any atom is -0.381 e. The molecule has 0 atom stereocenters. The van der Waals surface area contributed by atoms with Gasteiger partial charge in [0.05, 0.1) is 6.73 Å². The SMILES string of the molecule is CC(C)Cc1ccc(CNCO)cc1.